The van der Waals surface area contributed by atoms with Crippen LogP contribution in [0.15, 0.2) is 0 Å². The molecule has 1 amide bonds. The Hall–Kier alpha value is -0.610. The number of hydrogen-bond acceptors (Lipinski definition) is 3. The fourth-order valence-electron chi connectivity index (χ4n) is 1.42. The van der Waals surface area contributed by atoms with Gasteiger partial charge in [-0.15, -0.1) is 0 Å². The van der Waals surface area contributed by atoms with Crippen molar-refractivity contribution < 1.29 is 4.79 Å². The molecule has 0 spiro atoms. The van der Waals surface area contributed by atoms with Crippen LogP contribution in [0.25, 0.3) is 0 Å². The number of rotatable bonds is 6. The number of nitrogens with one attached hydrogen (secondary N) is 2. The fourth-order valence-corrected chi connectivity index (χ4v) is 1.42. The maximum Gasteiger partial charge on any atom is 0.234 e. The molecule has 0 fully saturated rings. The van der Waals surface area contributed by atoms with Crippen molar-refractivity contribution in [1.29, 1.82) is 0 Å². The summed E-state index contributed by atoms with van der Waals surface area (Å²) in [5.74, 6) is 1.01. The zero-order valence-electron chi connectivity index (χ0n) is 11.3. The Labute approximate surface area is 99.4 Å². The maximum absolute atomic E-state index is 11.5. The lowest BCUT2D eigenvalue weighted by Gasteiger charge is -2.22. The topological polar surface area (TPSA) is 67.1 Å². The van der Waals surface area contributed by atoms with Gasteiger partial charge in [0.15, 0.2) is 0 Å². The van der Waals surface area contributed by atoms with Crippen LogP contribution < -0.4 is 16.4 Å². The summed E-state index contributed by atoms with van der Waals surface area (Å²) < 4.78 is 0. The van der Waals surface area contributed by atoms with Crippen LogP contribution in [0, 0.1) is 11.8 Å². The minimum Gasteiger partial charge on any atom is -0.350 e. The summed E-state index contributed by atoms with van der Waals surface area (Å²) in [7, 11) is 0. The normalized spacial score (nSPS) is 13.9. The van der Waals surface area contributed by atoms with Crippen LogP contribution in [-0.2, 0) is 4.79 Å². The average molecular weight is 229 g/mol. The lowest BCUT2D eigenvalue weighted by molar-refractivity contribution is -0.121. The van der Waals surface area contributed by atoms with Crippen molar-refractivity contribution >= 4 is 5.91 Å². The number of nitrogens with two attached hydrogens (primary N) is 1. The molecule has 0 aliphatic carbocycles. The van der Waals surface area contributed by atoms with Crippen LogP contribution in [0.2, 0.25) is 0 Å². The van der Waals surface area contributed by atoms with E-state index in [-0.39, 0.29) is 11.4 Å². The summed E-state index contributed by atoms with van der Waals surface area (Å²) in [6, 6.07) is 0. The molecule has 0 heterocycles. The van der Waals surface area contributed by atoms with E-state index >= 15 is 0 Å². The Morgan fingerprint density at radius 1 is 1.31 bits per heavy atom. The van der Waals surface area contributed by atoms with Gasteiger partial charge < -0.3 is 16.4 Å². The summed E-state index contributed by atoms with van der Waals surface area (Å²) in [5.41, 5.74) is 5.49. The smallest absolute Gasteiger partial charge is 0.234 e. The van der Waals surface area contributed by atoms with E-state index in [9.17, 15) is 4.79 Å². The Balaban J connectivity index is 3.77. The van der Waals surface area contributed by atoms with E-state index in [1.807, 2.05) is 20.8 Å². The van der Waals surface area contributed by atoms with Gasteiger partial charge in [-0.2, -0.15) is 0 Å². The first kappa shape index (κ1) is 15.4. The SMILES string of the molecule is CC(C)C(CN)CNCC(=O)NC(C)(C)C. The van der Waals surface area contributed by atoms with Gasteiger partial charge in [-0.25, -0.2) is 0 Å². The van der Waals surface area contributed by atoms with Gasteiger partial charge in [0, 0.05) is 5.54 Å². The van der Waals surface area contributed by atoms with E-state index < -0.39 is 0 Å². The number of amides is 1. The van der Waals surface area contributed by atoms with Crippen LogP contribution >= 0.6 is 0 Å². The molecule has 0 saturated heterocycles. The molecule has 16 heavy (non-hydrogen) atoms. The highest BCUT2D eigenvalue weighted by atomic mass is 16.2. The van der Waals surface area contributed by atoms with Crippen molar-refractivity contribution in [1.82, 2.24) is 10.6 Å². The van der Waals surface area contributed by atoms with E-state index in [2.05, 4.69) is 24.5 Å². The van der Waals surface area contributed by atoms with Gasteiger partial charge in [-0.1, -0.05) is 13.8 Å². The first-order chi connectivity index (χ1) is 7.26. The quantitative estimate of drug-likeness (QED) is 0.629. The van der Waals surface area contributed by atoms with Gasteiger partial charge in [0.05, 0.1) is 6.54 Å². The summed E-state index contributed by atoms with van der Waals surface area (Å²) in [5, 5.41) is 6.06. The second-order valence-electron chi connectivity index (χ2n) is 5.67. The summed E-state index contributed by atoms with van der Waals surface area (Å²) in [6.07, 6.45) is 0. The van der Waals surface area contributed by atoms with Crippen molar-refractivity contribution in [2.45, 2.75) is 40.2 Å². The van der Waals surface area contributed by atoms with Crippen molar-refractivity contribution in [2.24, 2.45) is 17.6 Å². The highest BCUT2D eigenvalue weighted by Gasteiger charge is 2.14. The molecule has 1 atom stereocenters. The lowest BCUT2D eigenvalue weighted by Crippen LogP contribution is -2.46. The Kier molecular flexibility index (Phi) is 6.60. The van der Waals surface area contributed by atoms with Crippen molar-refractivity contribution in [3.05, 3.63) is 0 Å². The Morgan fingerprint density at radius 2 is 1.88 bits per heavy atom. The van der Waals surface area contributed by atoms with E-state index in [0.29, 0.717) is 24.9 Å². The minimum absolute atomic E-state index is 0.0343. The molecule has 4 nitrogen and oxygen atoms in total. The zero-order chi connectivity index (χ0) is 12.8. The molecule has 4 heteroatoms. The first-order valence-corrected chi connectivity index (χ1v) is 5.98. The molecular weight excluding hydrogens is 202 g/mol. The average Bonchev–Trinajstić information content (AvgIpc) is 2.08. The van der Waals surface area contributed by atoms with Gasteiger partial charge in [0.25, 0.3) is 0 Å². The molecule has 0 aromatic carbocycles. The van der Waals surface area contributed by atoms with Gasteiger partial charge in [0.2, 0.25) is 5.91 Å². The van der Waals surface area contributed by atoms with Gasteiger partial charge >= 0.3 is 0 Å². The standard InChI is InChI=1S/C12H27N3O/c1-9(2)10(6-13)7-14-8-11(16)15-12(3,4)5/h9-10,14H,6-8,13H2,1-5H3,(H,15,16). The summed E-state index contributed by atoms with van der Waals surface area (Å²) >= 11 is 0. The zero-order valence-corrected chi connectivity index (χ0v) is 11.3. The molecule has 0 aliphatic heterocycles. The van der Waals surface area contributed by atoms with Gasteiger partial charge in [-0.05, 0) is 45.7 Å². The minimum atomic E-state index is -0.163. The van der Waals surface area contributed by atoms with E-state index in [1.54, 1.807) is 0 Å². The molecule has 4 N–H and O–H groups in total. The largest absolute Gasteiger partial charge is 0.350 e. The third-order valence-corrected chi connectivity index (χ3v) is 2.45. The molecule has 0 rings (SSSR count). The van der Waals surface area contributed by atoms with E-state index in [0.717, 1.165) is 6.54 Å². The van der Waals surface area contributed by atoms with Gasteiger partial charge in [-0.3, -0.25) is 4.79 Å². The second kappa shape index (κ2) is 6.86. The van der Waals surface area contributed by atoms with Gasteiger partial charge in [0.1, 0.15) is 0 Å². The molecular formula is C12H27N3O. The molecule has 0 radical (unpaired) electrons. The third-order valence-electron chi connectivity index (χ3n) is 2.45. The summed E-state index contributed by atoms with van der Waals surface area (Å²) in [6.45, 7) is 12.0. The highest BCUT2D eigenvalue weighted by molar-refractivity contribution is 5.78. The number of carbonyl (C=O) groups is 1. The van der Waals surface area contributed by atoms with Crippen LogP contribution in [0.1, 0.15) is 34.6 Å². The number of hydrogen-bond donors (Lipinski definition) is 3. The summed E-state index contributed by atoms with van der Waals surface area (Å²) in [4.78, 5) is 11.5. The molecule has 96 valence electrons. The molecule has 1 unspecified atom stereocenters. The Morgan fingerprint density at radius 3 is 2.25 bits per heavy atom. The monoisotopic (exact) mass is 229 g/mol. The second-order valence-corrected chi connectivity index (χ2v) is 5.67. The van der Waals surface area contributed by atoms with Crippen LogP contribution in [-0.4, -0.2) is 31.1 Å². The lowest BCUT2D eigenvalue weighted by atomic mass is 9.96. The predicted octanol–water partition coefficient (Wildman–Crippen LogP) is 0.722. The van der Waals surface area contributed by atoms with Crippen LogP contribution in [0.4, 0.5) is 0 Å². The van der Waals surface area contributed by atoms with Crippen molar-refractivity contribution in [3.63, 3.8) is 0 Å². The first-order valence-electron chi connectivity index (χ1n) is 5.98. The van der Waals surface area contributed by atoms with E-state index in [4.69, 9.17) is 5.73 Å². The molecule has 0 aromatic heterocycles. The van der Waals surface area contributed by atoms with Crippen molar-refractivity contribution in [2.75, 3.05) is 19.6 Å². The molecule has 0 bridgehead atoms. The molecule has 0 saturated carbocycles. The predicted molar refractivity (Wildman–Crippen MR) is 68.1 cm³/mol. The Bertz CT molecular complexity index is 209. The fraction of sp³-hybridized carbons (Fsp3) is 0.917. The maximum atomic E-state index is 11.5. The van der Waals surface area contributed by atoms with Crippen LogP contribution in [0.5, 0.6) is 0 Å². The molecule has 0 aliphatic rings. The molecule has 0 aromatic rings. The number of carbonyl (C=O) groups excluding carboxylic acids is 1. The highest BCUT2D eigenvalue weighted by Crippen LogP contribution is 2.07. The van der Waals surface area contributed by atoms with Crippen LogP contribution in [0.3, 0.4) is 0 Å². The van der Waals surface area contributed by atoms with E-state index in [1.165, 1.54) is 0 Å². The third kappa shape index (κ3) is 7.65. The van der Waals surface area contributed by atoms with Crippen molar-refractivity contribution in [3.8, 4) is 0 Å².